The van der Waals surface area contributed by atoms with Gasteiger partial charge in [-0.25, -0.2) is 0 Å². The normalized spacial score (nSPS) is 11.0. The van der Waals surface area contributed by atoms with E-state index in [1.165, 1.54) is 0 Å². The summed E-state index contributed by atoms with van der Waals surface area (Å²) in [6.07, 6.45) is 1.36. The lowest BCUT2D eigenvalue weighted by Crippen LogP contribution is -2.24. The maximum atomic E-state index is 11.8. The second-order valence-corrected chi connectivity index (χ2v) is 9.80. The van der Waals surface area contributed by atoms with Crippen LogP contribution in [0, 0.1) is 13.8 Å². The minimum absolute atomic E-state index is 0.0245. The fourth-order valence-electron chi connectivity index (χ4n) is 3.59. The minimum Gasteiger partial charge on any atom is -0.481 e. The van der Waals surface area contributed by atoms with E-state index in [-0.39, 0.29) is 18.8 Å². The summed E-state index contributed by atoms with van der Waals surface area (Å²) in [6.45, 7) is 9.12. The van der Waals surface area contributed by atoms with E-state index in [0.717, 1.165) is 22.3 Å². The summed E-state index contributed by atoms with van der Waals surface area (Å²) < 4.78 is 15.4. The summed E-state index contributed by atoms with van der Waals surface area (Å²) in [5.41, 5.74) is 3.21. The van der Waals surface area contributed by atoms with Gasteiger partial charge in [-0.15, -0.1) is 0 Å². The van der Waals surface area contributed by atoms with Gasteiger partial charge in [-0.3, -0.25) is 9.59 Å². The van der Waals surface area contributed by atoms with Crippen molar-refractivity contribution >= 4 is 11.9 Å². The van der Waals surface area contributed by atoms with Crippen LogP contribution in [0.4, 0.5) is 0 Å². The molecule has 0 spiro atoms. The predicted molar refractivity (Wildman–Crippen MR) is 137 cm³/mol. The third kappa shape index (κ3) is 9.96. The zero-order valence-corrected chi connectivity index (χ0v) is 22.2. The summed E-state index contributed by atoms with van der Waals surface area (Å²) in [6, 6.07) is 15.1. The van der Waals surface area contributed by atoms with Crippen LogP contribution in [-0.2, 0) is 40.0 Å². The van der Waals surface area contributed by atoms with Crippen molar-refractivity contribution in [3.05, 3.63) is 94.2 Å². The van der Waals surface area contributed by atoms with Crippen molar-refractivity contribution in [2.75, 3.05) is 0 Å². The molecule has 0 bridgehead atoms. The smallest absolute Gasteiger partial charge is 0.310 e. The highest BCUT2D eigenvalue weighted by atomic mass is 16.6. The van der Waals surface area contributed by atoms with Crippen LogP contribution in [0.15, 0.2) is 57.6 Å². The van der Waals surface area contributed by atoms with E-state index >= 15 is 0 Å². The molecule has 0 radical (unpaired) electrons. The highest BCUT2D eigenvalue weighted by molar-refractivity contribution is 5.73. The molecule has 10 heteroatoms. The fourth-order valence-corrected chi connectivity index (χ4v) is 3.59. The van der Waals surface area contributed by atoms with Gasteiger partial charge in [0, 0.05) is 0 Å². The molecule has 0 atom stereocenters. The molecule has 4 rings (SSSR count). The van der Waals surface area contributed by atoms with Crippen LogP contribution in [-0.4, -0.2) is 42.9 Å². The third-order valence-corrected chi connectivity index (χ3v) is 4.96. The number of carbonyl (C=O) groups is 2. The zero-order chi connectivity index (χ0) is 27.7. The number of carboxylic acids is 1. The molecule has 2 aromatic heterocycles. The van der Waals surface area contributed by atoms with Crippen molar-refractivity contribution in [2.24, 2.45) is 0 Å². The van der Waals surface area contributed by atoms with Gasteiger partial charge in [-0.2, -0.15) is 9.97 Å². The molecule has 0 aliphatic carbocycles. The topological polar surface area (TPSA) is 141 Å². The summed E-state index contributed by atoms with van der Waals surface area (Å²) in [5, 5.41) is 16.2. The van der Waals surface area contributed by atoms with Gasteiger partial charge in [-0.05, 0) is 56.9 Å². The first-order valence-corrected chi connectivity index (χ1v) is 12.1. The van der Waals surface area contributed by atoms with Crippen molar-refractivity contribution in [1.29, 1.82) is 0 Å². The summed E-state index contributed by atoms with van der Waals surface area (Å²) in [7, 11) is 0. The Balaban J connectivity index is 0.000000215. The molecule has 10 nitrogen and oxygen atoms in total. The summed E-state index contributed by atoms with van der Waals surface area (Å²) in [4.78, 5) is 30.7. The Hall–Kier alpha value is -4.34. The fraction of sp³-hybridized carbons (Fsp3) is 0.357. The van der Waals surface area contributed by atoms with E-state index in [1.807, 2.05) is 63.2 Å². The molecule has 1 N–H and O–H groups in total. The van der Waals surface area contributed by atoms with Crippen molar-refractivity contribution < 1.29 is 28.5 Å². The van der Waals surface area contributed by atoms with Gasteiger partial charge in [0.05, 0.1) is 25.7 Å². The molecular weight excluding hydrogens is 488 g/mol. The van der Waals surface area contributed by atoms with Gasteiger partial charge >= 0.3 is 11.9 Å². The number of carbonyl (C=O) groups excluding carboxylic acids is 1. The molecule has 0 aliphatic heterocycles. The van der Waals surface area contributed by atoms with E-state index in [1.54, 1.807) is 19.9 Å². The molecule has 4 aromatic rings. The minimum atomic E-state index is -0.837. The van der Waals surface area contributed by atoms with Gasteiger partial charge in [0.2, 0.25) is 11.8 Å². The molecule has 0 unspecified atom stereocenters. The number of benzene rings is 2. The number of ether oxygens (including phenoxy) is 1. The van der Waals surface area contributed by atoms with E-state index in [9.17, 15) is 9.59 Å². The lowest BCUT2D eigenvalue weighted by Gasteiger charge is -2.19. The molecular formula is C28H32N4O6. The number of esters is 1. The molecule has 0 saturated carbocycles. The second kappa shape index (κ2) is 12.8. The average Bonchev–Trinajstić information content (AvgIpc) is 3.40. The maximum Gasteiger partial charge on any atom is 0.310 e. The molecule has 0 saturated heterocycles. The molecule has 0 amide bonds. The maximum absolute atomic E-state index is 11.8. The lowest BCUT2D eigenvalue weighted by atomic mass is 10.1. The Morgan fingerprint density at radius 3 is 1.63 bits per heavy atom. The number of nitrogens with zero attached hydrogens (tertiary/aromatic N) is 4. The Labute approximate surface area is 221 Å². The molecule has 200 valence electrons. The molecule has 2 aromatic carbocycles. The Morgan fingerprint density at radius 2 is 1.24 bits per heavy atom. The molecule has 38 heavy (non-hydrogen) atoms. The first-order valence-electron chi connectivity index (χ1n) is 12.1. The number of hydrogen-bond donors (Lipinski definition) is 1. The van der Waals surface area contributed by atoms with Gasteiger partial charge in [0.25, 0.3) is 0 Å². The van der Waals surface area contributed by atoms with Gasteiger partial charge in [0.15, 0.2) is 11.6 Å². The van der Waals surface area contributed by atoms with Gasteiger partial charge in [-0.1, -0.05) is 58.8 Å². The highest BCUT2D eigenvalue weighted by Gasteiger charge is 2.16. The molecule has 0 fully saturated rings. The standard InChI is InChI=1S/C16H20N2O3.C12H12N2O3/c1-11-17-14(21-18-11)9-12-6-5-7-13(8-12)10-15(19)20-16(2,3)4;1-8-13-11(17-14-8)6-9-3-2-4-10(5-9)7-12(15)16/h5-8H,9-10H2,1-4H3;2-5H,6-7H2,1H3,(H,15,16). The van der Waals surface area contributed by atoms with Gasteiger partial charge in [0.1, 0.15) is 5.60 Å². The number of hydrogen-bond acceptors (Lipinski definition) is 9. The first kappa shape index (κ1) is 28.2. The average molecular weight is 521 g/mol. The third-order valence-electron chi connectivity index (χ3n) is 4.96. The SMILES string of the molecule is Cc1noc(Cc2cccc(CC(=O)O)c2)n1.Cc1noc(Cc2cccc(CC(=O)OC(C)(C)C)c2)n1. The summed E-state index contributed by atoms with van der Waals surface area (Å²) >= 11 is 0. The van der Waals surface area contributed by atoms with Crippen LogP contribution in [0.2, 0.25) is 0 Å². The number of carboxylic acid groups (broad SMARTS) is 1. The van der Waals surface area contributed by atoms with Crippen LogP contribution in [0.1, 0.15) is 66.5 Å². The van der Waals surface area contributed by atoms with E-state index in [4.69, 9.17) is 18.9 Å². The monoisotopic (exact) mass is 520 g/mol. The Morgan fingerprint density at radius 1 is 0.789 bits per heavy atom. The van der Waals surface area contributed by atoms with Crippen LogP contribution in [0.5, 0.6) is 0 Å². The van der Waals surface area contributed by atoms with Crippen molar-refractivity contribution in [2.45, 2.75) is 65.9 Å². The number of aryl methyl sites for hydroxylation is 2. The Kier molecular flexibility index (Phi) is 9.48. The predicted octanol–water partition coefficient (Wildman–Crippen LogP) is 4.45. The highest BCUT2D eigenvalue weighted by Crippen LogP contribution is 2.14. The van der Waals surface area contributed by atoms with Crippen molar-refractivity contribution in [1.82, 2.24) is 20.3 Å². The number of aliphatic carboxylic acids is 1. The number of aromatic nitrogens is 4. The van der Waals surface area contributed by atoms with E-state index in [2.05, 4.69) is 20.3 Å². The Bertz CT molecular complexity index is 1370. The van der Waals surface area contributed by atoms with Gasteiger partial charge < -0.3 is 18.9 Å². The van der Waals surface area contributed by atoms with Crippen molar-refractivity contribution in [3.8, 4) is 0 Å². The second-order valence-electron chi connectivity index (χ2n) is 9.80. The number of rotatable bonds is 8. The van der Waals surface area contributed by atoms with Crippen molar-refractivity contribution in [3.63, 3.8) is 0 Å². The lowest BCUT2D eigenvalue weighted by molar-refractivity contribution is -0.154. The van der Waals surface area contributed by atoms with E-state index < -0.39 is 11.6 Å². The molecule has 0 aliphatic rings. The van der Waals surface area contributed by atoms with Crippen LogP contribution in [0.3, 0.4) is 0 Å². The van der Waals surface area contributed by atoms with Crippen LogP contribution < -0.4 is 0 Å². The van der Waals surface area contributed by atoms with Crippen LogP contribution >= 0.6 is 0 Å². The van der Waals surface area contributed by atoms with Crippen LogP contribution in [0.25, 0.3) is 0 Å². The quantitative estimate of drug-likeness (QED) is 0.331. The largest absolute Gasteiger partial charge is 0.481 e. The zero-order valence-electron chi connectivity index (χ0n) is 22.2. The summed E-state index contributed by atoms with van der Waals surface area (Å²) in [5.74, 6) is 1.26. The van der Waals surface area contributed by atoms with E-state index in [0.29, 0.717) is 36.3 Å². The molecule has 2 heterocycles. The first-order chi connectivity index (χ1) is 17.9.